The highest BCUT2D eigenvalue weighted by Crippen LogP contribution is 2.07. The van der Waals surface area contributed by atoms with Crippen LogP contribution in [-0.2, 0) is 27.6 Å². The molecule has 0 aliphatic carbocycles. The van der Waals surface area contributed by atoms with Crippen LogP contribution in [0.15, 0.2) is 24.3 Å². The van der Waals surface area contributed by atoms with Crippen LogP contribution in [0.2, 0.25) is 0 Å². The first-order valence-corrected chi connectivity index (χ1v) is 5.48. The van der Waals surface area contributed by atoms with Crippen molar-refractivity contribution in [2.24, 2.45) is 0 Å². The molecule has 0 atom stereocenters. The van der Waals surface area contributed by atoms with Crippen molar-refractivity contribution in [3.8, 4) is 0 Å². The number of alkyl carbamates (subject to hydrolysis) is 1. The van der Waals surface area contributed by atoms with Crippen LogP contribution < -0.4 is 5.32 Å². The summed E-state index contributed by atoms with van der Waals surface area (Å²) in [5.41, 5.74) is 1.36. The molecule has 9 heteroatoms. The van der Waals surface area contributed by atoms with E-state index in [2.05, 4.69) is 10.2 Å². The summed E-state index contributed by atoms with van der Waals surface area (Å²) < 4.78 is 4.78. The second-order valence-electron chi connectivity index (χ2n) is 3.67. The Morgan fingerprint density at radius 1 is 1.10 bits per heavy atom. The molecule has 9 nitrogen and oxygen atoms in total. The molecule has 0 fully saturated rings. The first-order valence-electron chi connectivity index (χ1n) is 5.48. The van der Waals surface area contributed by atoms with Gasteiger partial charge in [-0.2, -0.15) is 0 Å². The maximum absolute atomic E-state index is 11.1. The van der Waals surface area contributed by atoms with E-state index < -0.39 is 18.6 Å². The number of hydrogen-bond donors (Lipinski definition) is 4. The van der Waals surface area contributed by atoms with Crippen LogP contribution >= 0.6 is 0 Å². The highest BCUT2D eigenvalue weighted by Gasteiger charge is 2.05. The minimum atomic E-state index is -1.16. The Morgan fingerprint density at radius 2 is 1.65 bits per heavy atom. The smallest absolute Gasteiger partial charge is 0.407 e. The predicted octanol–water partition coefficient (Wildman–Crippen LogP) is 0.509. The summed E-state index contributed by atoms with van der Waals surface area (Å²) in [7, 11) is 0. The van der Waals surface area contributed by atoms with Crippen molar-refractivity contribution >= 4 is 12.1 Å². The first-order chi connectivity index (χ1) is 9.47. The number of aliphatic carboxylic acids is 1. The zero-order valence-electron chi connectivity index (χ0n) is 10.4. The predicted molar refractivity (Wildman–Crippen MR) is 62.5 cm³/mol. The minimum Gasteiger partial charge on any atom is -0.480 e. The Hall–Kier alpha value is -2.20. The number of rotatable bonds is 7. The van der Waals surface area contributed by atoms with Crippen LogP contribution in [0.5, 0.6) is 0 Å². The Labute approximate surface area is 113 Å². The molecular formula is C11H14N2O7. The molecule has 0 spiro atoms. The van der Waals surface area contributed by atoms with Gasteiger partial charge in [0.15, 0.2) is 0 Å². The Morgan fingerprint density at radius 3 is 2.15 bits per heavy atom. The Bertz CT molecular complexity index is 447. The third kappa shape index (κ3) is 6.66. The van der Waals surface area contributed by atoms with E-state index in [0.29, 0.717) is 11.1 Å². The van der Waals surface area contributed by atoms with Gasteiger partial charge in [-0.3, -0.25) is 15.2 Å². The highest BCUT2D eigenvalue weighted by atomic mass is 17.1. The second-order valence-corrected chi connectivity index (χ2v) is 3.67. The molecule has 0 heterocycles. The standard InChI is InChI=1S/C11H14N2O7/c14-10(15)5-12-11(16)19-6-8-1-3-9(4-2-8)7-20-13(17)18/h1-4,17-18H,5-7H2,(H,12,16)(H,14,15). The number of nitrogens with one attached hydrogen (secondary N) is 1. The summed E-state index contributed by atoms with van der Waals surface area (Å²) >= 11 is 0. The molecule has 0 radical (unpaired) electrons. The lowest BCUT2D eigenvalue weighted by atomic mass is 10.1. The molecule has 0 aliphatic rings. The molecule has 0 aliphatic heterocycles. The topological polar surface area (TPSA) is 129 Å². The van der Waals surface area contributed by atoms with Gasteiger partial charge in [0.05, 0.1) is 12.0 Å². The second kappa shape index (κ2) is 8.07. The lowest BCUT2D eigenvalue weighted by Crippen LogP contribution is -2.29. The molecule has 4 N–H and O–H groups in total. The lowest BCUT2D eigenvalue weighted by Gasteiger charge is -2.08. The van der Waals surface area contributed by atoms with E-state index in [1.54, 1.807) is 24.3 Å². The summed E-state index contributed by atoms with van der Waals surface area (Å²) in [6.07, 6.45) is -0.823. The van der Waals surface area contributed by atoms with Crippen molar-refractivity contribution in [3.63, 3.8) is 0 Å². The van der Waals surface area contributed by atoms with Gasteiger partial charge in [-0.05, 0) is 11.1 Å². The summed E-state index contributed by atoms with van der Waals surface area (Å²) in [5, 5.41) is 26.7. The number of carboxylic acid groups (broad SMARTS) is 1. The lowest BCUT2D eigenvalue weighted by molar-refractivity contribution is -0.497. The molecule has 0 saturated heterocycles. The average molecular weight is 286 g/mol. The fourth-order valence-electron chi connectivity index (χ4n) is 1.21. The Kier molecular flexibility index (Phi) is 6.40. The first kappa shape index (κ1) is 15.9. The SMILES string of the molecule is O=C(O)CNC(=O)OCc1ccc(CON(O)O)cc1. The maximum Gasteiger partial charge on any atom is 0.407 e. The molecule has 1 aromatic rings. The number of carbonyl (C=O) groups excluding carboxylic acids is 1. The van der Waals surface area contributed by atoms with Gasteiger partial charge in [-0.25, -0.2) is 9.63 Å². The van der Waals surface area contributed by atoms with E-state index in [1.165, 1.54) is 0 Å². The van der Waals surface area contributed by atoms with Crippen molar-refractivity contribution in [2.75, 3.05) is 6.54 Å². The number of nitrogens with zero attached hydrogens (tertiary/aromatic N) is 1. The van der Waals surface area contributed by atoms with Gasteiger partial charge in [0.2, 0.25) is 0 Å². The fraction of sp³-hybridized carbons (Fsp3) is 0.273. The van der Waals surface area contributed by atoms with Crippen molar-refractivity contribution in [1.29, 1.82) is 0 Å². The normalized spacial score (nSPS) is 10.3. The molecule has 0 saturated carbocycles. The Balaban J connectivity index is 2.34. The van der Waals surface area contributed by atoms with Crippen molar-refractivity contribution in [3.05, 3.63) is 35.4 Å². The number of carboxylic acids is 1. The molecule has 1 amide bonds. The highest BCUT2D eigenvalue weighted by molar-refractivity contribution is 5.76. The van der Waals surface area contributed by atoms with Crippen LogP contribution in [0.4, 0.5) is 4.79 Å². The average Bonchev–Trinajstić information content (AvgIpc) is 2.41. The largest absolute Gasteiger partial charge is 0.480 e. The van der Waals surface area contributed by atoms with Gasteiger partial charge in [0, 0.05) is 0 Å². The van der Waals surface area contributed by atoms with E-state index in [9.17, 15) is 9.59 Å². The summed E-state index contributed by atoms with van der Waals surface area (Å²) in [6, 6.07) is 6.61. The van der Waals surface area contributed by atoms with Gasteiger partial charge in [-0.1, -0.05) is 24.3 Å². The van der Waals surface area contributed by atoms with E-state index >= 15 is 0 Å². The molecule has 110 valence electrons. The molecule has 1 aromatic carbocycles. The van der Waals surface area contributed by atoms with E-state index in [1.807, 2.05) is 0 Å². The van der Waals surface area contributed by atoms with Gasteiger partial charge in [-0.15, -0.1) is 0 Å². The van der Waals surface area contributed by atoms with Crippen molar-refractivity contribution in [2.45, 2.75) is 13.2 Å². The van der Waals surface area contributed by atoms with Gasteiger partial charge in [0.25, 0.3) is 0 Å². The minimum absolute atomic E-state index is 0.0152. The molecule has 0 aromatic heterocycles. The molecular weight excluding hydrogens is 272 g/mol. The maximum atomic E-state index is 11.1. The third-order valence-corrected chi connectivity index (χ3v) is 2.12. The van der Waals surface area contributed by atoms with E-state index in [0.717, 1.165) is 0 Å². The summed E-state index contributed by atoms with van der Waals surface area (Å²) in [4.78, 5) is 25.7. The van der Waals surface area contributed by atoms with Crippen molar-refractivity contribution < 1.29 is 34.7 Å². The summed E-state index contributed by atoms with van der Waals surface area (Å²) in [6.45, 7) is -0.556. The summed E-state index contributed by atoms with van der Waals surface area (Å²) in [5.74, 6) is -1.16. The van der Waals surface area contributed by atoms with Crippen molar-refractivity contribution in [1.82, 2.24) is 10.7 Å². The molecule has 0 bridgehead atoms. The fourth-order valence-corrected chi connectivity index (χ4v) is 1.21. The number of benzene rings is 1. The van der Waals surface area contributed by atoms with Crippen LogP contribution in [-0.4, -0.2) is 39.5 Å². The zero-order valence-corrected chi connectivity index (χ0v) is 10.4. The molecule has 1 rings (SSSR count). The number of amides is 1. The van der Waals surface area contributed by atoms with E-state index in [-0.39, 0.29) is 18.6 Å². The third-order valence-electron chi connectivity index (χ3n) is 2.12. The van der Waals surface area contributed by atoms with Gasteiger partial charge >= 0.3 is 12.1 Å². The van der Waals surface area contributed by atoms with Crippen LogP contribution in [0.1, 0.15) is 11.1 Å². The van der Waals surface area contributed by atoms with Crippen LogP contribution in [0.3, 0.4) is 0 Å². The van der Waals surface area contributed by atoms with Gasteiger partial charge < -0.3 is 15.2 Å². The zero-order chi connectivity index (χ0) is 15.0. The number of hydrogen-bond acceptors (Lipinski definition) is 7. The van der Waals surface area contributed by atoms with Crippen LogP contribution in [0, 0.1) is 0 Å². The van der Waals surface area contributed by atoms with Gasteiger partial charge in [0.1, 0.15) is 13.2 Å². The molecule has 0 unspecified atom stereocenters. The van der Waals surface area contributed by atoms with Crippen LogP contribution in [0.25, 0.3) is 0 Å². The van der Waals surface area contributed by atoms with E-state index in [4.69, 9.17) is 20.3 Å². The monoisotopic (exact) mass is 286 g/mol. The molecule has 20 heavy (non-hydrogen) atoms. The number of carbonyl (C=O) groups is 2. The number of ether oxygens (including phenoxy) is 1. The quantitative estimate of drug-likeness (QED) is 0.534.